The smallest absolute Gasteiger partial charge is 0.271 e. The number of amides is 1. The molecule has 0 saturated heterocycles. The molecule has 6 nitrogen and oxygen atoms in total. The number of fused-ring (bicyclic) bond motifs is 2. The Balaban J connectivity index is 1.51. The average Bonchev–Trinajstić information content (AvgIpc) is 3.11. The summed E-state index contributed by atoms with van der Waals surface area (Å²) in [4.78, 5) is 12.1. The maximum atomic E-state index is 12.1. The molecule has 2 N–H and O–H groups in total. The number of phenolic OH excluding ortho intramolecular Hbond substituents is 1. The molecule has 0 unspecified atom stereocenters. The van der Waals surface area contributed by atoms with Crippen molar-refractivity contribution in [2.24, 2.45) is 5.10 Å². The van der Waals surface area contributed by atoms with Crippen LogP contribution in [-0.2, 0) is 0 Å². The molecule has 3 aromatic rings. The van der Waals surface area contributed by atoms with Crippen LogP contribution < -0.4 is 14.9 Å². The van der Waals surface area contributed by atoms with Crippen LogP contribution in [-0.4, -0.2) is 24.0 Å². The normalized spacial score (nSPS) is 12.6. The first-order chi connectivity index (χ1) is 12.2. The van der Waals surface area contributed by atoms with Crippen LogP contribution in [0.2, 0.25) is 0 Å². The van der Waals surface area contributed by atoms with Gasteiger partial charge >= 0.3 is 0 Å². The van der Waals surface area contributed by atoms with Crippen LogP contribution in [0, 0.1) is 0 Å². The van der Waals surface area contributed by atoms with E-state index in [1.807, 2.05) is 30.3 Å². The molecule has 0 bridgehead atoms. The Morgan fingerprint density at radius 3 is 2.84 bits per heavy atom. The largest absolute Gasteiger partial charge is 0.507 e. The van der Waals surface area contributed by atoms with E-state index in [-0.39, 0.29) is 18.4 Å². The summed E-state index contributed by atoms with van der Waals surface area (Å²) in [5, 5.41) is 15.9. The fourth-order valence-electron chi connectivity index (χ4n) is 2.64. The van der Waals surface area contributed by atoms with Gasteiger partial charge in [0.05, 0.1) is 6.21 Å². The van der Waals surface area contributed by atoms with Crippen molar-refractivity contribution < 1.29 is 19.4 Å². The summed E-state index contributed by atoms with van der Waals surface area (Å²) in [6, 6.07) is 16.0. The second-order valence-electron chi connectivity index (χ2n) is 5.49. The van der Waals surface area contributed by atoms with Gasteiger partial charge in [-0.15, -0.1) is 0 Å². The maximum Gasteiger partial charge on any atom is 0.271 e. The maximum absolute atomic E-state index is 12.1. The van der Waals surface area contributed by atoms with E-state index in [4.69, 9.17) is 9.47 Å². The highest BCUT2D eigenvalue weighted by atomic mass is 16.7. The number of hydrazone groups is 1. The van der Waals surface area contributed by atoms with Gasteiger partial charge in [-0.3, -0.25) is 4.79 Å². The lowest BCUT2D eigenvalue weighted by atomic mass is 10.1. The number of nitrogens with one attached hydrogen (secondary N) is 1. The molecule has 25 heavy (non-hydrogen) atoms. The quantitative estimate of drug-likeness (QED) is 0.570. The third kappa shape index (κ3) is 2.85. The Morgan fingerprint density at radius 1 is 1.08 bits per heavy atom. The fraction of sp³-hybridized carbons (Fsp3) is 0.0526. The Hall–Kier alpha value is -3.54. The van der Waals surface area contributed by atoms with Crippen molar-refractivity contribution in [2.75, 3.05) is 6.79 Å². The highest BCUT2D eigenvalue weighted by Crippen LogP contribution is 2.32. The number of benzene rings is 3. The van der Waals surface area contributed by atoms with Gasteiger partial charge in [-0.2, -0.15) is 5.10 Å². The van der Waals surface area contributed by atoms with E-state index in [1.54, 1.807) is 24.3 Å². The van der Waals surface area contributed by atoms with E-state index in [2.05, 4.69) is 10.5 Å². The van der Waals surface area contributed by atoms with Gasteiger partial charge in [0, 0.05) is 16.5 Å². The molecule has 0 saturated carbocycles. The molecule has 0 spiro atoms. The molecule has 0 aliphatic carbocycles. The van der Waals surface area contributed by atoms with E-state index in [1.165, 1.54) is 6.21 Å². The van der Waals surface area contributed by atoms with Gasteiger partial charge in [-0.1, -0.05) is 30.3 Å². The lowest BCUT2D eigenvalue weighted by Crippen LogP contribution is -2.17. The first kappa shape index (κ1) is 15.0. The summed E-state index contributed by atoms with van der Waals surface area (Å²) in [5.74, 6) is 0.888. The predicted octanol–water partition coefficient (Wildman–Crippen LogP) is 3.04. The van der Waals surface area contributed by atoms with Crippen molar-refractivity contribution in [1.29, 1.82) is 0 Å². The monoisotopic (exact) mass is 334 g/mol. The number of nitrogens with zero attached hydrogens (tertiary/aromatic N) is 1. The predicted molar refractivity (Wildman–Crippen MR) is 93.2 cm³/mol. The molecular weight excluding hydrogens is 320 g/mol. The lowest BCUT2D eigenvalue weighted by molar-refractivity contribution is 0.0954. The molecule has 1 aliphatic rings. The van der Waals surface area contributed by atoms with E-state index in [0.717, 1.165) is 10.8 Å². The molecule has 6 heteroatoms. The summed E-state index contributed by atoms with van der Waals surface area (Å²) >= 11 is 0. The number of ether oxygens (including phenoxy) is 2. The number of rotatable bonds is 3. The van der Waals surface area contributed by atoms with Crippen LogP contribution in [0.1, 0.15) is 15.9 Å². The van der Waals surface area contributed by atoms with Crippen LogP contribution in [0.15, 0.2) is 59.7 Å². The number of aromatic hydroxyl groups is 1. The SMILES string of the molecule is O=C(N/N=C/c1ccc2ccccc2c1O)c1ccc2c(c1)OCO2. The van der Waals surface area contributed by atoms with Crippen molar-refractivity contribution in [2.45, 2.75) is 0 Å². The number of hydrogen-bond acceptors (Lipinski definition) is 5. The van der Waals surface area contributed by atoms with Gasteiger partial charge < -0.3 is 14.6 Å². The van der Waals surface area contributed by atoms with Crippen LogP contribution in [0.3, 0.4) is 0 Å². The Labute approximate surface area is 143 Å². The molecule has 1 heterocycles. The molecule has 0 aromatic heterocycles. The van der Waals surface area contributed by atoms with Gasteiger partial charge in [0.15, 0.2) is 11.5 Å². The highest BCUT2D eigenvalue weighted by Gasteiger charge is 2.15. The fourth-order valence-corrected chi connectivity index (χ4v) is 2.64. The molecule has 4 rings (SSSR count). The van der Waals surface area contributed by atoms with Gasteiger partial charge in [0.25, 0.3) is 5.91 Å². The van der Waals surface area contributed by atoms with Crippen LogP contribution in [0.25, 0.3) is 10.8 Å². The van der Waals surface area contributed by atoms with E-state index in [9.17, 15) is 9.90 Å². The Morgan fingerprint density at radius 2 is 1.92 bits per heavy atom. The third-order valence-corrected chi connectivity index (χ3v) is 3.94. The summed E-state index contributed by atoms with van der Waals surface area (Å²) in [6.07, 6.45) is 1.41. The first-order valence-electron chi connectivity index (χ1n) is 7.66. The van der Waals surface area contributed by atoms with Gasteiger partial charge in [-0.05, 0) is 29.7 Å². The van der Waals surface area contributed by atoms with Crippen molar-refractivity contribution >= 4 is 22.9 Å². The summed E-state index contributed by atoms with van der Waals surface area (Å²) in [7, 11) is 0. The highest BCUT2D eigenvalue weighted by molar-refractivity contribution is 5.98. The average molecular weight is 334 g/mol. The third-order valence-electron chi connectivity index (χ3n) is 3.94. The van der Waals surface area contributed by atoms with Crippen LogP contribution in [0.5, 0.6) is 17.2 Å². The van der Waals surface area contributed by atoms with Crippen LogP contribution >= 0.6 is 0 Å². The zero-order valence-corrected chi connectivity index (χ0v) is 13.1. The minimum Gasteiger partial charge on any atom is -0.507 e. The Kier molecular flexibility index (Phi) is 3.70. The minimum atomic E-state index is -0.380. The molecule has 0 atom stereocenters. The number of carbonyl (C=O) groups is 1. The molecule has 0 fully saturated rings. The van der Waals surface area contributed by atoms with Crippen molar-refractivity contribution in [3.63, 3.8) is 0 Å². The summed E-state index contributed by atoms with van der Waals surface area (Å²) in [6.45, 7) is 0.153. The van der Waals surface area contributed by atoms with E-state index in [0.29, 0.717) is 22.6 Å². The van der Waals surface area contributed by atoms with Gasteiger partial charge in [0.1, 0.15) is 5.75 Å². The number of hydrogen-bond donors (Lipinski definition) is 2. The first-order valence-corrected chi connectivity index (χ1v) is 7.66. The second-order valence-corrected chi connectivity index (χ2v) is 5.49. The molecule has 1 aliphatic heterocycles. The zero-order valence-electron chi connectivity index (χ0n) is 13.1. The lowest BCUT2D eigenvalue weighted by Gasteiger charge is -2.04. The van der Waals surface area contributed by atoms with E-state index < -0.39 is 0 Å². The molecule has 1 amide bonds. The van der Waals surface area contributed by atoms with Crippen molar-refractivity contribution in [1.82, 2.24) is 5.43 Å². The standard InChI is InChI=1S/C19H14N2O4/c22-18-14(6-5-12-3-1-2-4-15(12)18)10-20-21-19(23)13-7-8-16-17(9-13)25-11-24-16/h1-10,22H,11H2,(H,21,23)/b20-10+. The van der Waals surface area contributed by atoms with Crippen LogP contribution in [0.4, 0.5) is 0 Å². The van der Waals surface area contributed by atoms with Gasteiger partial charge in [0.2, 0.25) is 6.79 Å². The number of carbonyl (C=O) groups excluding carboxylic acids is 1. The molecule has 0 radical (unpaired) electrons. The van der Waals surface area contributed by atoms with Crippen molar-refractivity contribution in [3.8, 4) is 17.2 Å². The topological polar surface area (TPSA) is 80.2 Å². The summed E-state index contributed by atoms with van der Waals surface area (Å²) in [5.41, 5.74) is 3.36. The molecule has 124 valence electrons. The molecular formula is C19H14N2O4. The van der Waals surface area contributed by atoms with E-state index >= 15 is 0 Å². The summed E-state index contributed by atoms with van der Waals surface area (Å²) < 4.78 is 10.5. The van der Waals surface area contributed by atoms with Gasteiger partial charge in [-0.25, -0.2) is 5.43 Å². The Bertz CT molecular complexity index is 998. The zero-order chi connectivity index (χ0) is 17.2. The minimum absolute atomic E-state index is 0.124. The molecule has 3 aromatic carbocycles. The second kappa shape index (κ2) is 6.16. The van der Waals surface area contributed by atoms with Crippen molar-refractivity contribution in [3.05, 3.63) is 65.7 Å². The number of phenols is 1.